The number of hydrogen-bond acceptors (Lipinski definition) is 3. The fourth-order valence-electron chi connectivity index (χ4n) is 3.36. The molecular weight excluding hydrogens is 370 g/mol. The van der Waals surface area contributed by atoms with Crippen molar-refractivity contribution in [2.24, 2.45) is 5.92 Å². The molecular formula is C22H29N3O2S. The number of sulfonamides is 1. The van der Waals surface area contributed by atoms with Crippen LogP contribution in [0.1, 0.15) is 44.7 Å². The van der Waals surface area contributed by atoms with Crippen molar-refractivity contribution in [3.63, 3.8) is 0 Å². The number of pyridine rings is 1. The van der Waals surface area contributed by atoms with Crippen LogP contribution >= 0.6 is 0 Å². The minimum absolute atomic E-state index is 0.306. The number of nitrogens with one attached hydrogen (secondary N) is 1. The first-order chi connectivity index (χ1) is 13.3. The van der Waals surface area contributed by atoms with Gasteiger partial charge in [-0.05, 0) is 53.6 Å². The van der Waals surface area contributed by atoms with Gasteiger partial charge < -0.3 is 4.57 Å². The van der Waals surface area contributed by atoms with Crippen LogP contribution in [-0.4, -0.2) is 24.5 Å². The topological polar surface area (TPSA) is 64.0 Å². The van der Waals surface area contributed by atoms with Crippen molar-refractivity contribution in [3.05, 3.63) is 59.9 Å². The van der Waals surface area contributed by atoms with Gasteiger partial charge in [0.15, 0.2) is 0 Å². The van der Waals surface area contributed by atoms with E-state index < -0.39 is 10.0 Å². The van der Waals surface area contributed by atoms with E-state index in [1.165, 1.54) is 0 Å². The van der Waals surface area contributed by atoms with Crippen LogP contribution in [-0.2, 0) is 23.0 Å². The Morgan fingerprint density at radius 1 is 1.07 bits per heavy atom. The summed E-state index contributed by atoms with van der Waals surface area (Å²) < 4.78 is 30.1. The van der Waals surface area contributed by atoms with Gasteiger partial charge in [0, 0.05) is 30.9 Å². The van der Waals surface area contributed by atoms with Crippen LogP contribution in [0.2, 0.25) is 0 Å². The number of nitrogens with zero attached hydrogens (tertiary/aromatic N) is 2. The van der Waals surface area contributed by atoms with Gasteiger partial charge in [-0.1, -0.05) is 39.8 Å². The van der Waals surface area contributed by atoms with Crippen molar-refractivity contribution in [1.82, 2.24) is 14.3 Å². The molecule has 6 heteroatoms. The van der Waals surface area contributed by atoms with Gasteiger partial charge in [0.2, 0.25) is 10.0 Å². The van der Waals surface area contributed by atoms with Gasteiger partial charge in [0.1, 0.15) is 5.65 Å². The largest absolute Gasteiger partial charge is 0.332 e. The first kappa shape index (κ1) is 20.6. The predicted molar refractivity (Wildman–Crippen MR) is 114 cm³/mol. The second-order valence-electron chi connectivity index (χ2n) is 7.95. The summed E-state index contributed by atoms with van der Waals surface area (Å²) >= 11 is 0. The van der Waals surface area contributed by atoms with E-state index in [4.69, 9.17) is 0 Å². The lowest BCUT2D eigenvalue weighted by Gasteiger charge is -2.09. The van der Waals surface area contributed by atoms with Crippen molar-refractivity contribution in [2.45, 2.75) is 51.5 Å². The Morgan fingerprint density at radius 3 is 2.43 bits per heavy atom. The van der Waals surface area contributed by atoms with Crippen molar-refractivity contribution in [1.29, 1.82) is 0 Å². The lowest BCUT2D eigenvalue weighted by atomic mass is 10.0. The van der Waals surface area contributed by atoms with Gasteiger partial charge in [-0.3, -0.25) is 0 Å². The van der Waals surface area contributed by atoms with E-state index in [9.17, 15) is 8.42 Å². The van der Waals surface area contributed by atoms with Gasteiger partial charge in [-0.25, -0.2) is 18.1 Å². The summed E-state index contributed by atoms with van der Waals surface area (Å²) in [6.45, 7) is 9.77. The first-order valence-corrected chi connectivity index (χ1v) is 11.3. The Morgan fingerprint density at radius 2 is 1.79 bits per heavy atom. The fourth-order valence-corrected chi connectivity index (χ4v) is 4.39. The fraction of sp³-hybridized carbons (Fsp3) is 0.409. The molecule has 150 valence electrons. The van der Waals surface area contributed by atoms with E-state index in [0.717, 1.165) is 28.7 Å². The first-order valence-electron chi connectivity index (χ1n) is 9.80. The van der Waals surface area contributed by atoms with Crippen LogP contribution in [0.25, 0.3) is 11.0 Å². The summed E-state index contributed by atoms with van der Waals surface area (Å²) in [7, 11) is -3.51. The van der Waals surface area contributed by atoms with Crippen LogP contribution in [0.3, 0.4) is 0 Å². The van der Waals surface area contributed by atoms with Crippen molar-refractivity contribution >= 4 is 21.1 Å². The van der Waals surface area contributed by atoms with Gasteiger partial charge in [-0.15, -0.1) is 0 Å². The molecule has 0 saturated carbocycles. The van der Waals surface area contributed by atoms with Gasteiger partial charge >= 0.3 is 0 Å². The molecule has 0 aliphatic heterocycles. The SMILES string of the molecule is CC(C)Cn1cc(CCNS(=O)(=O)c2ccc(C(C)C)cc2)c2cccnc21. The number of benzene rings is 1. The van der Waals surface area contributed by atoms with Crippen molar-refractivity contribution < 1.29 is 8.42 Å². The zero-order valence-corrected chi connectivity index (χ0v) is 17.8. The van der Waals surface area contributed by atoms with E-state index in [1.54, 1.807) is 18.3 Å². The maximum Gasteiger partial charge on any atom is 0.240 e. The molecule has 0 saturated heterocycles. The lowest BCUT2D eigenvalue weighted by Crippen LogP contribution is -2.26. The lowest BCUT2D eigenvalue weighted by molar-refractivity contribution is 0.532. The number of fused-ring (bicyclic) bond motifs is 1. The third kappa shape index (κ3) is 4.62. The summed E-state index contributed by atoms with van der Waals surface area (Å²) in [5, 5.41) is 1.09. The van der Waals surface area contributed by atoms with Crippen LogP contribution in [0, 0.1) is 5.92 Å². The Kier molecular flexibility index (Phi) is 6.20. The van der Waals surface area contributed by atoms with E-state index in [-0.39, 0.29) is 0 Å². The molecule has 0 spiro atoms. The van der Waals surface area contributed by atoms with E-state index in [2.05, 4.69) is 48.2 Å². The Bertz CT molecular complexity index is 1040. The molecule has 1 aromatic carbocycles. The molecule has 0 radical (unpaired) electrons. The van der Waals surface area contributed by atoms with Gasteiger partial charge in [0.25, 0.3) is 0 Å². The van der Waals surface area contributed by atoms with E-state index in [1.807, 2.05) is 24.3 Å². The highest BCUT2D eigenvalue weighted by molar-refractivity contribution is 7.89. The maximum absolute atomic E-state index is 12.6. The molecule has 2 heterocycles. The Hall–Kier alpha value is -2.18. The molecule has 0 fully saturated rings. The molecule has 0 atom stereocenters. The van der Waals surface area contributed by atoms with Crippen molar-refractivity contribution in [2.75, 3.05) is 6.54 Å². The minimum Gasteiger partial charge on any atom is -0.332 e. The zero-order chi connectivity index (χ0) is 20.3. The number of rotatable bonds is 8. The summed E-state index contributed by atoms with van der Waals surface area (Å²) in [5.74, 6) is 0.888. The molecule has 5 nitrogen and oxygen atoms in total. The minimum atomic E-state index is -3.51. The molecule has 3 aromatic rings. The molecule has 3 rings (SSSR count). The van der Waals surface area contributed by atoms with Crippen LogP contribution in [0.5, 0.6) is 0 Å². The molecule has 0 aliphatic rings. The Labute approximate surface area is 167 Å². The van der Waals surface area contributed by atoms with Crippen LogP contribution in [0.4, 0.5) is 0 Å². The smallest absolute Gasteiger partial charge is 0.240 e. The zero-order valence-electron chi connectivity index (χ0n) is 17.0. The average Bonchev–Trinajstić information content (AvgIpc) is 2.99. The van der Waals surface area contributed by atoms with Crippen LogP contribution in [0.15, 0.2) is 53.7 Å². The maximum atomic E-state index is 12.6. The number of aromatic nitrogens is 2. The molecule has 1 N–H and O–H groups in total. The van der Waals surface area contributed by atoms with Crippen molar-refractivity contribution in [3.8, 4) is 0 Å². The summed E-state index contributed by atoms with van der Waals surface area (Å²) in [4.78, 5) is 4.81. The molecule has 28 heavy (non-hydrogen) atoms. The highest BCUT2D eigenvalue weighted by atomic mass is 32.2. The molecule has 0 amide bonds. The second-order valence-corrected chi connectivity index (χ2v) is 9.71. The molecule has 0 unspecified atom stereocenters. The third-order valence-electron chi connectivity index (χ3n) is 4.82. The molecule has 2 aromatic heterocycles. The van der Waals surface area contributed by atoms with Gasteiger partial charge in [-0.2, -0.15) is 0 Å². The van der Waals surface area contributed by atoms with Gasteiger partial charge in [0.05, 0.1) is 4.90 Å². The molecule has 0 bridgehead atoms. The normalized spacial score (nSPS) is 12.4. The highest BCUT2D eigenvalue weighted by Crippen LogP contribution is 2.21. The van der Waals surface area contributed by atoms with E-state index >= 15 is 0 Å². The summed E-state index contributed by atoms with van der Waals surface area (Å²) in [5.41, 5.74) is 3.20. The second kappa shape index (κ2) is 8.45. The number of hydrogen-bond donors (Lipinski definition) is 1. The van der Waals surface area contributed by atoms with E-state index in [0.29, 0.717) is 29.7 Å². The molecule has 0 aliphatic carbocycles. The highest BCUT2D eigenvalue weighted by Gasteiger charge is 2.15. The summed E-state index contributed by atoms with van der Waals surface area (Å²) in [6, 6.07) is 11.1. The quantitative estimate of drug-likeness (QED) is 0.613. The monoisotopic (exact) mass is 399 g/mol. The van der Waals surface area contributed by atoms with Crippen LogP contribution < -0.4 is 4.72 Å². The third-order valence-corrected chi connectivity index (χ3v) is 6.30. The standard InChI is InChI=1S/C22H29N3O2S/c1-16(2)14-25-15-19(21-6-5-12-23-22(21)25)11-13-24-28(26,27)20-9-7-18(8-10-20)17(3)4/h5-10,12,15-17,24H,11,13-14H2,1-4H3. The summed E-state index contributed by atoms with van der Waals surface area (Å²) in [6.07, 6.45) is 4.52. The Balaban J connectivity index is 1.72. The average molecular weight is 400 g/mol. The predicted octanol–water partition coefficient (Wildman–Crippen LogP) is 4.34.